The maximum atomic E-state index is 6.02. The van der Waals surface area contributed by atoms with Gasteiger partial charge in [0.2, 0.25) is 0 Å². The van der Waals surface area contributed by atoms with Crippen molar-refractivity contribution in [1.29, 1.82) is 0 Å². The smallest absolute Gasteiger partial charge is 0.166 e. The largest absolute Gasteiger partial charge is 0.419 e. The van der Waals surface area contributed by atoms with Gasteiger partial charge in [0.1, 0.15) is 0 Å². The van der Waals surface area contributed by atoms with Gasteiger partial charge in [-0.15, -0.1) is 0 Å². The van der Waals surface area contributed by atoms with Gasteiger partial charge in [-0.25, -0.2) is 0 Å². The number of hydrogen-bond donors (Lipinski definition) is 0. The molecule has 0 spiro atoms. The Morgan fingerprint density at radius 2 is 1.67 bits per heavy atom. The summed E-state index contributed by atoms with van der Waals surface area (Å²) in [5.41, 5.74) is 2.02. The topological polar surface area (TPSA) is 27.7 Å². The summed E-state index contributed by atoms with van der Waals surface area (Å²) in [6, 6.07) is 10.4. The molecule has 0 bridgehead atoms. The lowest BCUT2D eigenvalue weighted by Gasteiger charge is -2.41. The van der Waals surface area contributed by atoms with Crippen LogP contribution in [0.1, 0.15) is 5.56 Å². The van der Waals surface area contributed by atoms with Crippen LogP contribution >= 0.6 is 0 Å². The Labute approximate surface area is 110 Å². The molecule has 2 aliphatic rings. The zero-order valence-corrected chi connectivity index (χ0v) is 12.0. The van der Waals surface area contributed by atoms with Gasteiger partial charge in [-0.2, -0.15) is 0 Å². The third-order valence-corrected chi connectivity index (χ3v) is 6.12. The lowest BCUT2D eigenvalue weighted by atomic mass is 9.91. The molecule has 1 aromatic carbocycles. The van der Waals surface area contributed by atoms with Crippen LogP contribution in [0.5, 0.6) is 0 Å². The molecule has 3 rings (SSSR count). The molecule has 0 amide bonds. The molecule has 18 heavy (non-hydrogen) atoms. The lowest BCUT2D eigenvalue weighted by Crippen LogP contribution is -2.44. The molecule has 98 valence electrons. The van der Waals surface area contributed by atoms with Gasteiger partial charge in [-0.1, -0.05) is 30.3 Å². The van der Waals surface area contributed by atoms with Crippen molar-refractivity contribution in [3.63, 3.8) is 0 Å². The zero-order valence-electron chi connectivity index (χ0n) is 10.6. The van der Waals surface area contributed by atoms with Crippen LogP contribution in [0.2, 0.25) is 5.54 Å². The van der Waals surface area contributed by atoms with Crippen molar-refractivity contribution in [2.24, 2.45) is 11.8 Å². The number of benzene rings is 1. The van der Waals surface area contributed by atoms with Crippen molar-refractivity contribution in [2.75, 3.05) is 26.4 Å². The summed E-state index contributed by atoms with van der Waals surface area (Å²) in [5, 5.41) is 0. The Morgan fingerprint density at radius 3 is 2.17 bits per heavy atom. The van der Waals surface area contributed by atoms with Crippen molar-refractivity contribution in [3.8, 4) is 0 Å². The molecule has 0 radical (unpaired) electrons. The van der Waals surface area contributed by atoms with E-state index in [-0.39, 0.29) is 0 Å². The third-order valence-electron chi connectivity index (χ3n) is 3.96. The molecule has 0 unspecified atom stereocenters. The Balaban J connectivity index is 1.47. The monoisotopic (exact) mass is 264 g/mol. The Hall–Kier alpha value is -0.683. The first-order valence-corrected chi connectivity index (χ1v) is 8.10. The first kappa shape index (κ1) is 12.4. The molecule has 1 aromatic rings. The summed E-state index contributed by atoms with van der Waals surface area (Å²) in [6.45, 7) is 4.50. The molecule has 0 aromatic heterocycles. The fourth-order valence-corrected chi connectivity index (χ4v) is 4.26. The van der Waals surface area contributed by atoms with Gasteiger partial charge >= 0.3 is 0 Å². The lowest BCUT2D eigenvalue weighted by molar-refractivity contribution is -0.0911. The van der Waals surface area contributed by atoms with Gasteiger partial charge in [-0.05, 0) is 11.1 Å². The fraction of sp³-hybridized carbons (Fsp3) is 0.571. The highest BCUT2D eigenvalue weighted by molar-refractivity contribution is 6.29. The maximum absolute atomic E-state index is 6.02. The van der Waals surface area contributed by atoms with Gasteiger partial charge in [0.15, 0.2) is 9.76 Å². The molecule has 4 heteroatoms. The summed E-state index contributed by atoms with van der Waals surface area (Å²) in [4.78, 5) is 0. The molecule has 0 atom stereocenters. The second-order valence-electron chi connectivity index (χ2n) is 5.26. The van der Waals surface area contributed by atoms with Gasteiger partial charge in [0.05, 0.1) is 33.0 Å². The van der Waals surface area contributed by atoms with Crippen molar-refractivity contribution < 1.29 is 13.9 Å². The molecule has 0 N–H and O–H groups in total. The molecule has 2 fully saturated rings. The second kappa shape index (κ2) is 5.97. The van der Waals surface area contributed by atoms with Crippen LogP contribution < -0.4 is 0 Å². The Morgan fingerprint density at radius 1 is 1.06 bits per heavy atom. The molecule has 2 heterocycles. The van der Waals surface area contributed by atoms with Crippen LogP contribution in [0.4, 0.5) is 0 Å². The average molecular weight is 264 g/mol. The van der Waals surface area contributed by atoms with E-state index < -0.39 is 9.76 Å². The zero-order chi connectivity index (χ0) is 12.2. The van der Waals surface area contributed by atoms with E-state index >= 15 is 0 Å². The maximum Gasteiger partial charge on any atom is 0.166 e. The summed E-state index contributed by atoms with van der Waals surface area (Å²) >= 11 is 0. The molecule has 0 saturated carbocycles. The fourth-order valence-electron chi connectivity index (χ4n) is 2.55. The van der Waals surface area contributed by atoms with E-state index in [1.807, 2.05) is 6.07 Å². The van der Waals surface area contributed by atoms with Gasteiger partial charge in [0.25, 0.3) is 0 Å². The minimum absolute atomic E-state index is 0.493. The standard InChI is InChI=1S/C14H20O3Si/c1-2-4-11(5-3-1)6-17-18-14(12-7-15-8-12)13-9-16-10-13/h1-5,12-14H,6-10,18H2. The number of rotatable bonds is 6. The first-order valence-electron chi connectivity index (χ1n) is 6.70. The van der Waals surface area contributed by atoms with Crippen LogP contribution in [0.25, 0.3) is 0 Å². The Bertz CT molecular complexity index is 349. The van der Waals surface area contributed by atoms with E-state index in [4.69, 9.17) is 13.9 Å². The molecular weight excluding hydrogens is 244 g/mol. The first-order chi connectivity index (χ1) is 8.93. The van der Waals surface area contributed by atoms with Crippen molar-refractivity contribution in [2.45, 2.75) is 12.1 Å². The predicted molar refractivity (Wildman–Crippen MR) is 72.1 cm³/mol. The summed E-state index contributed by atoms with van der Waals surface area (Å²) < 4.78 is 16.7. The molecule has 2 aliphatic heterocycles. The van der Waals surface area contributed by atoms with E-state index in [9.17, 15) is 0 Å². The van der Waals surface area contributed by atoms with E-state index in [1.54, 1.807) is 0 Å². The van der Waals surface area contributed by atoms with Crippen molar-refractivity contribution >= 4 is 9.76 Å². The van der Waals surface area contributed by atoms with Crippen LogP contribution in [0, 0.1) is 11.8 Å². The third kappa shape index (κ3) is 2.83. The highest BCUT2D eigenvalue weighted by Crippen LogP contribution is 2.36. The minimum atomic E-state index is -0.493. The molecular formula is C14H20O3Si. The van der Waals surface area contributed by atoms with E-state index in [0.717, 1.165) is 50.4 Å². The summed E-state index contributed by atoms with van der Waals surface area (Å²) in [6.07, 6.45) is 0. The SMILES string of the molecule is c1ccc(CO[SiH2]C(C2COC2)C2COC2)cc1. The van der Waals surface area contributed by atoms with Crippen LogP contribution in [-0.4, -0.2) is 36.2 Å². The quantitative estimate of drug-likeness (QED) is 0.726. The number of ether oxygens (including phenoxy) is 2. The van der Waals surface area contributed by atoms with Gasteiger partial charge < -0.3 is 13.9 Å². The highest BCUT2D eigenvalue weighted by Gasteiger charge is 2.38. The minimum Gasteiger partial charge on any atom is -0.419 e. The molecule has 3 nitrogen and oxygen atoms in total. The van der Waals surface area contributed by atoms with E-state index in [2.05, 4.69) is 24.3 Å². The van der Waals surface area contributed by atoms with E-state index in [1.165, 1.54) is 5.56 Å². The van der Waals surface area contributed by atoms with Crippen molar-refractivity contribution in [1.82, 2.24) is 0 Å². The van der Waals surface area contributed by atoms with Gasteiger partial charge in [-0.3, -0.25) is 0 Å². The van der Waals surface area contributed by atoms with Crippen LogP contribution in [0.3, 0.4) is 0 Å². The summed E-state index contributed by atoms with van der Waals surface area (Å²) in [7, 11) is -0.493. The van der Waals surface area contributed by atoms with Crippen LogP contribution in [-0.2, 0) is 20.5 Å². The van der Waals surface area contributed by atoms with Gasteiger partial charge in [0, 0.05) is 11.8 Å². The Kier molecular flexibility index (Phi) is 4.10. The molecule has 0 aliphatic carbocycles. The highest BCUT2D eigenvalue weighted by atomic mass is 28.2. The van der Waals surface area contributed by atoms with Crippen LogP contribution in [0.15, 0.2) is 30.3 Å². The summed E-state index contributed by atoms with van der Waals surface area (Å²) in [5.74, 6) is 1.47. The van der Waals surface area contributed by atoms with Crippen molar-refractivity contribution in [3.05, 3.63) is 35.9 Å². The average Bonchev–Trinajstić information content (AvgIpc) is 2.25. The van der Waals surface area contributed by atoms with E-state index in [0.29, 0.717) is 0 Å². The molecule has 2 saturated heterocycles. The predicted octanol–water partition coefficient (Wildman–Crippen LogP) is 1.37. The second-order valence-corrected chi connectivity index (χ2v) is 6.94. The number of hydrogen-bond acceptors (Lipinski definition) is 3. The normalized spacial score (nSPS) is 21.4.